The van der Waals surface area contributed by atoms with Gasteiger partial charge in [0.2, 0.25) is 0 Å². The molecule has 0 unspecified atom stereocenters. The van der Waals surface area contributed by atoms with Crippen LogP contribution in [0.1, 0.15) is 45.2 Å². The molecule has 0 amide bonds. The van der Waals surface area contributed by atoms with Gasteiger partial charge in [0.05, 0.1) is 23.3 Å². The van der Waals surface area contributed by atoms with Crippen molar-refractivity contribution < 1.29 is 32.6 Å². The van der Waals surface area contributed by atoms with E-state index in [2.05, 4.69) is 0 Å². The number of alkyl halides is 3. The Kier molecular flexibility index (Phi) is 6.73. The normalized spacial score (nSPS) is 12.6. The summed E-state index contributed by atoms with van der Waals surface area (Å²) in [5.41, 5.74) is 2.75. The Morgan fingerprint density at radius 2 is 1.72 bits per heavy atom. The first-order valence-electron chi connectivity index (χ1n) is 11.2. The zero-order valence-corrected chi connectivity index (χ0v) is 19.9. The summed E-state index contributed by atoms with van der Waals surface area (Å²) in [6, 6.07) is 17.3. The van der Waals surface area contributed by atoms with Crippen LogP contribution < -0.4 is 0 Å². The summed E-state index contributed by atoms with van der Waals surface area (Å²) < 4.78 is 47.8. The van der Waals surface area contributed by atoms with E-state index in [0.717, 1.165) is 17.7 Å². The number of hydrogen-bond acceptors (Lipinski definition) is 3. The average Bonchev–Trinajstić information content (AvgIpc) is 3.12. The molecule has 36 heavy (non-hydrogen) atoms. The first kappa shape index (κ1) is 25.2. The fourth-order valence-corrected chi connectivity index (χ4v) is 4.22. The van der Waals surface area contributed by atoms with Crippen LogP contribution in [-0.4, -0.2) is 27.5 Å². The molecule has 1 atom stereocenters. The van der Waals surface area contributed by atoms with Crippen LogP contribution in [-0.2, 0) is 22.3 Å². The zero-order chi connectivity index (χ0) is 26.2. The highest BCUT2D eigenvalue weighted by Crippen LogP contribution is 2.36. The number of aliphatic carboxylic acids is 1. The van der Waals surface area contributed by atoms with Gasteiger partial charge in [0.1, 0.15) is 0 Å². The van der Waals surface area contributed by atoms with Gasteiger partial charge >= 0.3 is 12.1 Å². The molecular formula is C28H24F3NO4. The Labute approximate surface area is 205 Å². The first-order valence-corrected chi connectivity index (χ1v) is 11.2. The SMILES string of the molecule is Cc1cccc(C(=O)c2c(C)n(-c3cccc(CO[C@@H](C)C(=O)O)c3)c3cc(C(F)(F)F)ccc23)c1. The van der Waals surface area contributed by atoms with Gasteiger partial charge in [0.25, 0.3) is 0 Å². The third-order valence-electron chi connectivity index (χ3n) is 6.06. The smallest absolute Gasteiger partial charge is 0.416 e. The first-order chi connectivity index (χ1) is 17.0. The molecule has 3 aromatic carbocycles. The lowest BCUT2D eigenvalue weighted by molar-refractivity contribution is -0.149. The highest BCUT2D eigenvalue weighted by molar-refractivity contribution is 6.18. The van der Waals surface area contributed by atoms with Gasteiger partial charge in [-0.05, 0) is 56.7 Å². The van der Waals surface area contributed by atoms with Crippen molar-refractivity contribution in [3.8, 4) is 5.69 Å². The average molecular weight is 495 g/mol. The molecule has 0 fully saturated rings. The second-order valence-electron chi connectivity index (χ2n) is 8.69. The molecule has 5 nitrogen and oxygen atoms in total. The van der Waals surface area contributed by atoms with Crippen molar-refractivity contribution in [1.29, 1.82) is 0 Å². The van der Waals surface area contributed by atoms with E-state index in [0.29, 0.717) is 33.5 Å². The molecule has 0 spiro atoms. The number of hydrogen-bond donors (Lipinski definition) is 1. The van der Waals surface area contributed by atoms with Crippen LogP contribution in [0.3, 0.4) is 0 Å². The quantitative estimate of drug-likeness (QED) is 0.298. The fourth-order valence-electron chi connectivity index (χ4n) is 4.22. The second-order valence-corrected chi connectivity index (χ2v) is 8.69. The van der Waals surface area contributed by atoms with Crippen LogP contribution in [0.25, 0.3) is 16.6 Å². The van der Waals surface area contributed by atoms with Crippen LogP contribution in [0, 0.1) is 13.8 Å². The number of carboxylic acid groups (broad SMARTS) is 1. The van der Waals surface area contributed by atoms with Gasteiger partial charge in [-0.3, -0.25) is 4.79 Å². The largest absolute Gasteiger partial charge is 0.479 e. The fraction of sp³-hybridized carbons (Fsp3) is 0.214. The molecule has 186 valence electrons. The van der Waals surface area contributed by atoms with Gasteiger partial charge in [-0.15, -0.1) is 0 Å². The standard InChI is InChI=1S/C28H24F3NO4/c1-16-6-4-8-20(12-16)26(33)25-17(2)32(24-14-21(28(29,30)31)10-11-23(24)25)22-9-5-7-19(13-22)15-36-18(3)27(34)35/h4-14,18H,15H2,1-3H3,(H,34,35)/t18-/m0/s1. The molecule has 0 aliphatic carbocycles. The number of fused-ring (bicyclic) bond motifs is 1. The van der Waals surface area contributed by atoms with Gasteiger partial charge < -0.3 is 14.4 Å². The molecule has 1 N–H and O–H groups in total. The molecule has 0 bridgehead atoms. The maximum atomic E-state index is 13.6. The van der Waals surface area contributed by atoms with Crippen LogP contribution in [0.4, 0.5) is 13.2 Å². The molecule has 4 rings (SSSR count). The number of ketones is 1. The lowest BCUT2D eigenvalue weighted by atomic mass is 9.98. The van der Waals surface area contributed by atoms with E-state index in [4.69, 9.17) is 9.84 Å². The Bertz CT molecular complexity index is 1470. The van der Waals surface area contributed by atoms with E-state index < -0.39 is 23.8 Å². The Hall–Kier alpha value is -3.91. The highest BCUT2D eigenvalue weighted by Gasteiger charge is 2.32. The van der Waals surface area contributed by atoms with Crippen molar-refractivity contribution in [2.75, 3.05) is 0 Å². The third-order valence-corrected chi connectivity index (χ3v) is 6.06. The summed E-state index contributed by atoms with van der Waals surface area (Å²) in [5.74, 6) is -1.38. The summed E-state index contributed by atoms with van der Waals surface area (Å²) in [5, 5.41) is 9.46. The third kappa shape index (κ3) is 4.90. The molecule has 0 saturated heterocycles. The number of carbonyl (C=O) groups excluding carboxylic acids is 1. The summed E-state index contributed by atoms with van der Waals surface area (Å²) >= 11 is 0. The van der Waals surface area contributed by atoms with E-state index in [1.165, 1.54) is 13.0 Å². The van der Waals surface area contributed by atoms with E-state index in [1.807, 2.05) is 13.0 Å². The van der Waals surface area contributed by atoms with Crippen LogP contribution in [0.15, 0.2) is 66.7 Å². The number of aromatic nitrogens is 1. The molecule has 0 radical (unpaired) electrons. The summed E-state index contributed by atoms with van der Waals surface area (Å²) in [7, 11) is 0. The number of rotatable bonds is 7. The predicted molar refractivity (Wildman–Crippen MR) is 130 cm³/mol. The summed E-state index contributed by atoms with van der Waals surface area (Å²) in [6.07, 6.45) is -5.57. The molecule has 4 aromatic rings. The number of carboxylic acids is 1. The van der Waals surface area contributed by atoms with Crippen molar-refractivity contribution in [2.45, 2.75) is 39.7 Å². The number of ether oxygens (including phenoxy) is 1. The number of aryl methyl sites for hydroxylation is 1. The minimum Gasteiger partial charge on any atom is -0.479 e. The summed E-state index contributed by atoms with van der Waals surface area (Å²) in [6.45, 7) is 4.98. The lowest BCUT2D eigenvalue weighted by Gasteiger charge is -2.13. The monoisotopic (exact) mass is 495 g/mol. The lowest BCUT2D eigenvalue weighted by Crippen LogP contribution is -2.19. The van der Waals surface area contributed by atoms with Gasteiger partial charge in [0.15, 0.2) is 11.9 Å². The van der Waals surface area contributed by atoms with E-state index in [-0.39, 0.29) is 17.9 Å². The van der Waals surface area contributed by atoms with Crippen molar-refractivity contribution in [2.24, 2.45) is 0 Å². The number of halogens is 3. The van der Waals surface area contributed by atoms with Gasteiger partial charge in [0, 0.05) is 22.3 Å². The molecule has 8 heteroatoms. The minimum absolute atomic E-state index is 0.00242. The van der Waals surface area contributed by atoms with Crippen LogP contribution in [0.2, 0.25) is 0 Å². The van der Waals surface area contributed by atoms with E-state index in [1.54, 1.807) is 54.0 Å². The second kappa shape index (κ2) is 9.62. The number of benzene rings is 3. The molecule has 0 aliphatic rings. The molecule has 0 saturated carbocycles. The van der Waals surface area contributed by atoms with Gasteiger partial charge in [-0.25, -0.2) is 4.79 Å². The predicted octanol–water partition coefficient (Wildman–Crippen LogP) is 6.49. The van der Waals surface area contributed by atoms with Gasteiger partial charge in [-0.1, -0.05) is 42.0 Å². The van der Waals surface area contributed by atoms with Crippen LogP contribution >= 0.6 is 0 Å². The topological polar surface area (TPSA) is 68.5 Å². The number of carbonyl (C=O) groups is 2. The molecule has 1 heterocycles. The Morgan fingerprint density at radius 1 is 1.00 bits per heavy atom. The molecule has 1 aromatic heterocycles. The van der Waals surface area contributed by atoms with Crippen LogP contribution in [0.5, 0.6) is 0 Å². The number of nitrogens with zero attached hydrogens (tertiary/aromatic N) is 1. The van der Waals surface area contributed by atoms with E-state index >= 15 is 0 Å². The van der Waals surface area contributed by atoms with Gasteiger partial charge in [-0.2, -0.15) is 13.2 Å². The maximum absolute atomic E-state index is 13.6. The zero-order valence-electron chi connectivity index (χ0n) is 19.9. The molecular weight excluding hydrogens is 471 g/mol. The minimum atomic E-state index is -4.55. The maximum Gasteiger partial charge on any atom is 0.416 e. The van der Waals surface area contributed by atoms with E-state index in [9.17, 15) is 22.8 Å². The Balaban J connectivity index is 1.89. The highest BCUT2D eigenvalue weighted by atomic mass is 19.4. The molecule has 0 aliphatic heterocycles. The Morgan fingerprint density at radius 3 is 2.39 bits per heavy atom. The summed E-state index contributed by atoms with van der Waals surface area (Å²) in [4.78, 5) is 24.6. The van der Waals surface area contributed by atoms with Crippen molar-refractivity contribution in [3.63, 3.8) is 0 Å². The van der Waals surface area contributed by atoms with Crippen molar-refractivity contribution in [1.82, 2.24) is 4.57 Å². The van der Waals surface area contributed by atoms with Crippen molar-refractivity contribution >= 4 is 22.7 Å². The van der Waals surface area contributed by atoms with Crippen molar-refractivity contribution in [3.05, 3.63) is 100 Å².